The summed E-state index contributed by atoms with van der Waals surface area (Å²) in [4.78, 5) is 2.12. The summed E-state index contributed by atoms with van der Waals surface area (Å²) in [5, 5.41) is 11.9. The minimum atomic E-state index is 0.526. The van der Waals surface area contributed by atoms with Crippen molar-refractivity contribution in [3.05, 3.63) is 24.3 Å². The van der Waals surface area contributed by atoms with E-state index in [2.05, 4.69) is 23.0 Å². The number of benzene rings is 1. The lowest BCUT2D eigenvalue weighted by Crippen LogP contribution is -2.23. The van der Waals surface area contributed by atoms with E-state index in [9.17, 15) is 0 Å². The fourth-order valence-corrected chi connectivity index (χ4v) is 1.39. The Kier molecular flexibility index (Phi) is 4.30. The Labute approximate surface area is 89.6 Å². The van der Waals surface area contributed by atoms with Crippen molar-refractivity contribution in [3.8, 4) is 6.07 Å². The molecule has 0 heterocycles. The van der Waals surface area contributed by atoms with E-state index in [1.165, 1.54) is 0 Å². The summed E-state index contributed by atoms with van der Waals surface area (Å²) in [6.07, 6.45) is 0.526. The Morgan fingerprint density at radius 3 is 2.53 bits per heavy atom. The van der Waals surface area contributed by atoms with Crippen molar-refractivity contribution in [3.63, 3.8) is 0 Å². The van der Waals surface area contributed by atoms with E-state index in [-0.39, 0.29) is 0 Å². The third-order valence-electron chi connectivity index (χ3n) is 2.22. The normalized spacial score (nSPS) is 9.33. The van der Waals surface area contributed by atoms with Gasteiger partial charge in [-0.25, -0.2) is 5.53 Å². The predicted molar refractivity (Wildman–Crippen MR) is 59.4 cm³/mol. The first kappa shape index (κ1) is 11.2. The van der Waals surface area contributed by atoms with E-state index in [1.54, 1.807) is 12.1 Å². The highest BCUT2D eigenvalue weighted by atomic mass is 15.1. The van der Waals surface area contributed by atoms with Crippen LogP contribution in [-0.4, -0.2) is 13.1 Å². The summed E-state index contributed by atoms with van der Waals surface area (Å²) >= 11 is 0. The molecule has 0 saturated heterocycles. The molecule has 0 aliphatic carbocycles. The Hall–Kier alpha value is -1.89. The Morgan fingerprint density at radius 2 is 2.07 bits per heavy atom. The predicted octanol–water partition coefficient (Wildman–Crippen LogP) is 3.09. The van der Waals surface area contributed by atoms with E-state index >= 15 is 0 Å². The van der Waals surface area contributed by atoms with Gasteiger partial charge in [-0.05, 0) is 31.2 Å². The van der Waals surface area contributed by atoms with Crippen LogP contribution in [0.1, 0.15) is 13.3 Å². The second kappa shape index (κ2) is 5.76. The second-order valence-corrected chi connectivity index (χ2v) is 3.12. The summed E-state index contributed by atoms with van der Waals surface area (Å²) in [6.45, 7) is 3.67. The van der Waals surface area contributed by atoms with Crippen molar-refractivity contribution in [1.82, 2.24) is 0 Å². The van der Waals surface area contributed by atoms with Crippen LogP contribution in [0.3, 0.4) is 0 Å². The molecular formula is C11H14N4. The Morgan fingerprint density at radius 1 is 1.40 bits per heavy atom. The van der Waals surface area contributed by atoms with Crippen LogP contribution in [0.5, 0.6) is 0 Å². The van der Waals surface area contributed by atoms with Crippen LogP contribution in [0, 0.1) is 16.9 Å². The van der Waals surface area contributed by atoms with Gasteiger partial charge in [-0.3, -0.25) is 0 Å². The molecule has 0 aliphatic heterocycles. The van der Waals surface area contributed by atoms with Crippen LogP contribution in [0.25, 0.3) is 0 Å². The van der Waals surface area contributed by atoms with Gasteiger partial charge in [0.05, 0.1) is 18.2 Å². The first-order valence-corrected chi connectivity index (χ1v) is 4.91. The SMILES string of the molecule is CCN(CCC#N)c1ccc(N=N)cc1. The lowest BCUT2D eigenvalue weighted by atomic mass is 10.2. The average Bonchev–Trinajstić information content (AvgIpc) is 2.31. The molecule has 1 rings (SSSR count). The third-order valence-corrected chi connectivity index (χ3v) is 2.22. The molecule has 0 unspecified atom stereocenters. The number of rotatable bonds is 5. The molecule has 0 bridgehead atoms. The molecule has 78 valence electrons. The highest BCUT2D eigenvalue weighted by Crippen LogP contribution is 2.19. The summed E-state index contributed by atoms with van der Waals surface area (Å²) < 4.78 is 0. The fraction of sp³-hybridized carbons (Fsp3) is 0.364. The molecule has 0 aromatic heterocycles. The molecule has 0 atom stereocenters. The highest BCUT2D eigenvalue weighted by molar-refractivity contribution is 5.52. The summed E-state index contributed by atoms with van der Waals surface area (Å²) in [5.41, 5.74) is 8.56. The van der Waals surface area contributed by atoms with E-state index in [4.69, 9.17) is 10.8 Å². The topological polar surface area (TPSA) is 63.2 Å². The number of nitriles is 1. The van der Waals surface area contributed by atoms with Gasteiger partial charge in [-0.2, -0.15) is 10.4 Å². The van der Waals surface area contributed by atoms with Crippen LogP contribution in [0.2, 0.25) is 0 Å². The molecule has 15 heavy (non-hydrogen) atoms. The van der Waals surface area contributed by atoms with Crippen molar-refractivity contribution >= 4 is 11.4 Å². The van der Waals surface area contributed by atoms with E-state index in [1.807, 2.05) is 12.1 Å². The minimum absolute atomic E-state index is 0.526. The van der Waals surface area contributed by atoms with Crippen LogP contribution in [0.4, 0.5) is 11.4 Å². The molecule has 0 fully saturated rings. The Bertz CT molecular complexity index is 350. The van der Waals surface area contributed by atoms with Crippen molar-refractivity contribution in [2.75, 3.05) is 18.0 Å². The monoisotopic (exact) mass is 202 g/mol. The lowest BCUT2D eigenvalue weighted by Gasteiger charge is -2.21. The maximum atomic E-state index is 8.52. The number of anilines is 1. The number of hydrogen-bond acceptors (Lipinski definition) is 4. The largest absolute Gasteiger partial charge is 0.371 e. The quantitative estimate of drug-likeness (QED) is 0.745. The zero-order valence-electron chi connectivity index (χ0n) is 8.77. The van der Waals surface area contributed by atoms with E-state index in [0.717, 1.165) is 18.8 Å². The summed E-state index contributed by atoms with van der Waals surface area (Å²) in [6, 6.07) is 9.59. The molecule has 0 saturated carbocycles. The maximum absolute atomic E-state index is 8.52. The smallest absolute Gasteiger partial charge is 0.0851 e. The number of nitrogens with zero attached hydrogens (tertiary/aromatic N) is 3. The molecule has 0 aliphatic rings. The zero-order chi connectivity index (χ0) is 11.1. The molecule has 0 spiro atoms. The van der Waals surface area contributed by atoms with Gasteiger partial charge in [0.25, 0.3) is 0 Å². The number of hydrogen-bond donors (Lipinski definition) is 1. The zero-order valence-corrected chi connectivity index (χ0v) is 8.77. The van der Waals surface area contributed by atoms with Gasteiger partial charge in [0.15, 0.2) is 0 Å². The third kappa shape index (κ3) is 3.06. The maximum Gasteiger partial charge on any atom is 0.0851 e. The van der Waals surface area contributed by atoms with Crippen LogP contribution in [-0.2, 0) is 0 Å². The molecule has 4 nitrogen and oxygen atoms in total. The van der Waals surface area contributed by atoms with Gasteiger partial charge in [0, 0.05) is 18.8 Å². The van der Waals surface area contributed by atoms with Crippen LogP contribution < -0.4 is 4.90 Å². The van der Waals surface area contributed by atoms with Gasteiger partial charge in [0.1, 0.15) is 0 Å². The van der Waals surface area contributed by atoms with Gasteiger partial charge in [-0.1, -0.05) is 0 Å². The van der Waals surface area contributed by atoms with Gasteiger partial charge in [-0.15, -0.1) is 0 Å². The van der Waals surface area contributed by atoms with Gasteiger partial charge in [0.2, 0.25) is 0 Å². The standard InChI is InChI=1S/C11H14N4/c1-2-15(9-3-8-12)11-6-4-10(14-13)5-7-11/h4-7,13H,2-3,9H2,1H3. The molecule has 4 heteroatoms. The molecule has 0 amide bonds. The van der Waals surface area contributed by atoms with Crippen molar-refractivity contribution in [2.45, 2.75) is 13.3 Å². The van der Waals surface area contributed by atoms with Crippen LogP contribution in [0.15, 0.2) is 29.4 Å². The highest BCUT2D eigenvalue weighted by Gasteiger charge is 2.02. The second-order valence-electron chi connectivity index (χ2n) is 3.12. The molecule has 1 N–H and O–H groups in total. The first-order chi connectivity index (χ1) is 7.31. The van der Waals surface area contributed by atoms with Gasteiger partial charge >= 0.3 is 0 Å². The van der Waals surface area contributed by atoms with Crippen molar-refractivity contribution in [2.24, 2.45) is 5.11 Å². The lowest BCUT2D eigenvalue weighted by molar-refractivity contribution is 0.827. The minimum Gasteiger partial charge on any atom is -0.371 e. The van der Waals surface area contributed by atoms with Gasteiger partial charge < -0.3 is 4.90 Å². The molecule has 1 aromatic rings. The first-order valence-electron chi connectivity index (χ1n) is 4.91. The Balaban J connectivity index is 2.74. The molecule has 0 radical (unpaired) electrons. The van der Waals surface area contributed by atoms with E-state index < -0.39 is 0 Å². The van der Waals surface area contributed by atoms with Crippen molar-refractivity contribution < 1.29 is 0 Å². The van der Waals surface area contributed by atoms with Crippen molar-refractivity contribution in [1.29, 1.82) is 10.8 Å². The average molecular weight is 202 g/mol. The number of nitrogens with one attached hydrogen (secondary N) is 1. The molecular weight excluding hydrogens is 188 g/mol. The molecule has 1 aromatic carbocycles. The van der Waals surface area contributed by atoms with E-state index in [0.29, 0.717) is 12.1 Å². The fourth-order valence-electron chi connectivity index (χ4n) is 1.39. The van der Waals surface area contributed by atoms with Crippen LogP contribution >= 0.6 is 0 Å². The summed E-state index contributed by atoms with van der Waals surface area (Å²) in [5.74, 6) is 0. The summed E-state index contributed by atoms with van der Waals surface area (Å²) in [7, 11) is 0.